The Morgan fingerprint density at radius 1 is 1.13 bits per heavy atom. The number of carbonyl (C=O) groups is 1. The van der Waals surface area contributed by atoms with Gasteiger partial charge in [-0.25, -0.2) is 4.98 Å². The van der Waals surface area contributed by atoms with Crippen molar-refractivity contribution in [1.29, 1.82) is 0 Å². The van der Waals surface area contributed by atoms with Gasteiger partial charge < -0.3 is 23.4 Å². The van der Waals surface area contributed by atoms with E-state index in [1.165, 1.54) is 12.8 Å². The van der Waals surface area contributed by atoms with Gasteiger partial charge in [-0.15, -0.1) is 11.3 Å². The number of hydrogen-bond donors (Lipinski definition) is 0. The average molecular weight is 578 g/mol. The standard InChI is InChI=1S/C30H47NO6SSi/c1-10-35-28(32)17-22-19-38-27(31-22)18-26(36-23-13-11-12-14-23)29(37-39(8,9)30(3,4)5)21-15-24(33-6)20(2)25(16-21)34-7/h15-16,19,23,26,29H,10-14,17-18H2,1-9H3. The fourth-order valence-electron chi connectivity index (χ4n) is 4.68. The van der Waals surface area contributed by atoms with Crippen LogP contribution >= 0.6 is 11.3 Å². The molecule has 3 rings (SSSR count). The summed E-state index contributed by atoms with van der Waals surface area (Å²) in [6.45, 7) is 15.5. The summed E-state index contributed by atoms with van der Waals surface area (Å²) in [5.74, 6) is 1.27. The largest absolute Gasteiger partial charge is 0.496 e. The topological polar surface area (TPSA) is 76.1 Å². The monoisotopic (exact) mass is 577 g/mol. The summed E-state index contributed by atoms with van der Waals surface area (Å²) < 4.78 is 30.7. The van der Waals surface area contributed by atoms with E-state index in [1.807, 2.05) is 19.2 Å². The third-order valence-electron chi connectivity index (χ3n) is 7.94. The van der Waals surface area contributed by atoms with Crippen LogP contribution in [-0.4, -0.2) is 52.3 Å². The number of methoxy groups -OCH3 is 2. The molecule has 1 saturated carbocycles. The zero-order valence-electron chi connectivity index (χ0n) is 25.2. The highest BCUT2D eigenvalue weighted by Crippen LogP contribution is 2.44. The maximum absolute atomic E-state index is 12.0. The van der Waals surface area contributed by atoms with Crippen molar-refractivity contribution in [3.8, 4) is 11.5 Å². The van der Waals surface area contributed by atoms with Gasteiger partial charge in [0.15, 0.2) is 8.32 Å². The quantitative estimate of drug-likeness (QED) is 0.184. The van der Waals surface area contributed by atoms with E-state index in [-0.39, 0.29) is 35.7 Å². The van der Waals surface area contributed by atoms with Crippen molar-refractivity contribution in [2.24, 2.45) is 0 Å². The normalized spacial score (nSPS) is 16.2. The van der Waals surface area contributed by atoms with E-state index in [0.29, 0.717) is 13.0 Å². The molecular formula is C30H47NO6SSi. The minimum Gasteiger partial charge on any atom is -0.496 e. The van der Waals surface area contributed by atoms with Gasteiger partial charge in [0.1, 0.15) is 11.5 Å². The predicted octanol–water partition coefficient (Wildman–Crippen LogP) is 7.21. The maximum Gasteiger partial charge on any atom is 0.311 e. The van der Waals surface area contributed by atoms with E-state index in [0.717, 1.165) is 46.2 Å². The lowest BCUT2D eigenvalue weighted by Gasteiger charge is -2.42. The second-order valence-electron chi connectivity index (χ2n) is 11.8. The van der Waals surface area contributed by atoms with Crippen molar-refractivity contribution in [2.75, 3.05) is 20.8 Å². The van der Waals surface area contributed by atoms with Crippen molar-refractivity contribution >= 4 is 25.6 Å². The fraction of sp³-hybridized carbons (Fsp3) is 0.667. The molecule has 0 saturated heterocycles. The van der Waals surface area contributed by atoms with Crippen molar-refractivity contribution in [3.63, 3.8) is 0 Å². The van der Waals surface area contributed by atoms with Crippen molar-refractivity contribution in [3.05, 3.63) is 39.3 Å². The number of hydrogen-bond acceptors (Lipinski definition) is 8. The first-order chi connectivity index (χ1) is 18.4. The summed E-state index contributed by atoms with van der Waals surface area (Å²) in [7, 11) is 1.14. The highest BCUT2D eigenvalue weighted by atomic mass is 32.1. The number of aromatic nitrogens is 1. The predicted molar refractivity (Wildman–Crippen MR) is 159 cm³/mol. The molecule has 0 aliphatic heterocycles. The molecule has 1 aromatic carbocycles. The molecule has 1 heterocycles. The molecular weight excluding hydrogens is 530 g/mol. The van der Waals surface area contributed by atoms with Gasteiger partial charge in [-0.05, 0) is 62.5 Å². The van der Waals surface area contributed by atoms with E-state index in [1.54, 1.807) is 25.6 Å². The average Bonchev–Trinajstić information content (AvgIpc) is 3.54. The molecule has 0 radical (unpaired) electrons. The first-order valence-corrected chi connectivity index (χ1v) is 17.8. The van der Waals surface area contributed by atoms with E-state index in [9.17, 15) is 4.79 Å². The number of benzene rings is 1. The van der Waals surface area contributed by atoms with E-state index >= 15 is 0 Å². The van der Waals surface area contributed by atoms with Gasteiger partial charge in [0.2, 0.25) is 0 Å². The van der Waals surface area contributed by atoms with Gasteiger partial charge in [-0.3, -0.25) is 4.79 Å². The molecule has 0 bridgehead atoms. The van der Waals surface area contributed by atoms with Crippen LogP contribution in [0, 0.1) is 6.92 Å². The highest BCUT2D eigenvalue weighted by Gasteiger charge is 2.42. The molecule has 0 amide bonds. The Morgan fingerprint density at radius 3 is 2.28 bits per heavy atom. The van der Waals surface area contributed by atoms with Crippen LogP contribution in [0.2, 0.25) is 18.1 Å². The number of nitrogens with zero attached hydrogens (tertiary/aromatic N) is 1. The third-order valence-corrected chi connectivity index (χ3v) is 13.3. The Labute approximate surface area is 239 Å². The van der Waals surface area contributed by atoms with Crippen LogP contribution < -0.4 is 9.47 Å². The summed E-state index contributed by atoms with van der Waals surface area (Å²) in [6, 6.07) is 4.13. The maximum atomic E-state index is 12.0. The molecule has 7 nitrogen and oxygen atoms in total. The van der Waals surface area contributed by atoms with Crippen molar-refractivity contribution in [1.82, 2.24) is 4.98 Å². The van der Waals surface area contributed by atoms with Gasteiger partial charge in [-0.1, -0.05) is 33.6 Å². The van der Waals surface area contributed by atoms with Crippen LogP contribution in [0.5, 0.6) is 11.5 Å². The number of carbonyl (C=O) groups excluding carboxylic acids is 1. The molecule has 2 atom stereocenters. The molecule has 39 heavy (non-hydrogen) atoms. The van der Waals surface area contributed by atoms with E-state index in [4.69, 9.17) is 28.4 Å². The zero-order chi connectivity index (χ0) is 28.8. The molecule has 1 aliphatic carbocycles. The lowest BCUT2D eigenvalue weighted by molar-refractivity contribution is -0.142. The molecule has 1 aliphatic rings. The van der Waals surface area contributed by atoms with Gasteiger partial charge in [0, 0.05) is 17.4 Å². The van der Waals surface area contributed by atoms with Gasteiger partial charge in [0.25, 0.3) is 0 Å². The molecule has 2 unspecified atom stereocenters. The SMILES string of the molecule is CCOC(=O)Cc1csc(CC(OC2CCCC2)C(O[Si](C)(C)C(C)(C)C)c2cc(OC)c(C)c(OC)c2)n1. The lowest BCUT2D eigenvalue weighted by Crippen LogP contribution is -2.45. The molecule has 2 aromatic rings. The summed E-state index contributed by atoms with van der Waals surface area (Å²) in [4.78, 5) is 16.8. The summed E-state index contributed by atoms with van der Waals surface area (Å²) in [6.07, 6.45) is 4.81. The van der Waals surface area contributed by atoms with Crippen LogP contribution in [0.1, 0.15) is 81.3 Å². The molecule has 1 aromatic heterocycles. The Bertz CT molecular complexity index is 1060. The van der Waals surface area contributed by atoms with E-state index < -0.39 is 8.32 Å². The number of rotatable bonds is 13. The summed E-state index contributed by atoms with van der Waals surface area (Å²) in [5, 5.41) is 2.88. The fourth-order valence-corrected chi connectivity index (χ4v) is 6.79. The van der Waals surface area contributed by atoms with Crippen LogP contribution in [0.25, 0.3) is 0 Å². The van der Waals surface area contributed by atoms with Crippen LogP contribution in [0.15, 0.2) is 17.5 Å². The molecule has 0 spiro atoms. The highest BCUT2D eigenvalue weighted by molar-refractivity contribution is 7.09. The smallest absolute Gasteiger partial charge is 0.311 e. The molecule has 1 fully saturated rings. The lowest BCUT2D eigenvalue weighted by atomic mass is 9.99. The molecule has 218 valence electrons. The van der Waals surface area contributed by atoms with Gasteiger partial charge in [-0.2, -0.15) is 0 Å². The minimum atomic E-state index is -2.22. The van der Waals surface area contributed by atoms with Crippen LogP contribution in [0.4, 0.5) is 0 Å². The summed E-state index contributed by atoms with van der Waals surface area (Å²) >= 11 is 1.56. The minimum absolute atomic E-state index is 0.00994. The molecule has 0 N–H and O–H groups in total. The van der Waals surface area contributed by atoms with Crippen molar-refractivity contribution < 1.29 is 28.2 Å². The number of ether oxygens (including phenoxy) is 4. The van der Waals surface area contributed by atoms with Gasteiger partial charge in [0.05, 0.1) is 56.3 Å². The second kappa shape index (κ2) is 13.6. The van der Waals surface area contributed by atoms with Crippen LogP contribution in [0.3, 0.4) is 0 Å². The first-order valence-electron chi connectivity index (χ1n) is 14.0. The zero-order valence-corrected chi connectivity index (χ0v) is 27.0. The third kappa shape index (κ3) is 8.28. The number of esters is 1. The second-order valence-corrected chi connectivity index (χ2v) is 17.5. The van der Waals surface area contributed by atoms with E-state index in [2.05, 4.69) is 46.0 Å². The Balaban J connectivity index is 2.04. The Morgan fingerprint density at radius 2 is 1.74 bits per heavy atom. The number of thiazole rings is 1. The van der Waals surface area contributed by atoms with Crippen LogP contribution in [-0.2, 0) is 31.5 Å². The van der Waals surface area contributed by atoms with Gasteiger partial charge >= 0.3 is 5.97 Å². The Kier molecular flexibility index (Phi) is 11.0. The first kappa shape index (κ1) is 31.6. The van der Waals surface area contributed by atoms with Crippen molar-refractivity contribution in [2.45, 2.75) is 110 Å². The molecule has 9 heteroatoms. The Hall–Kier alpha value is -1.94. The summed E-state index contributed by atoms with van der Waals surface area (Å²) in [5.41, 5.74) is 2.66.